The molecule has 0 bridgehead atoms. The Morgan fingerprint density at radius 3 is 2.68 bits per heavy atom. The minimum absolute atomic E-state index is 0.117. The van der Waals surface area contributed by atoms with Gasteiger partial charge in [-0.2, -0.15) is 11.8 Å². The van der Waals surface area contributed by atoms with Crippen LogP contribution in [0.2, 0.25) is 5.02 Å². The van der Waals surface area contributed by atoms with Crippen molar-refractivity contribution in [2.75, 3.05) is 18.6 Å². The van der Waals surface area contributed by atoms with Crippen LogP contribution in [0.25, 0.3) is 0 Å². The van der Waals surface area contributed by atoms with Crippen molar-refractivity contribution in [1.82, 2.24) is 4.72 Å². The second-order valence-electron chi connectivity index (χ2n) is 4.32. The van der Waals surface area contributed by atoms with Crippen LogP contribution in [0.5, 0.6) is 0 Å². The third-order valence-electron chi connectivity index (χ3n) is 2.58. The number of hydrogen-bond donors (Lipinski definition) is 2. The Morgan fingerprint density at radius 1 is 1.47 bits per heavy atom. The minimum atomic E-state index is -3.55. The molecule has 108 valence electrons. The summed E-state index contributed by atoms with van der Waals surface area (Å²) in [6.07, 6.45) is 1.98. The number of benzene rings is 1. The van der Waals surface area contributed by atoms with Gasteiger partial charge in [-0.1, -0.05) is 24.6 Å². The van der Waals surface area contributed by atoms with Crippen LogP contribution in [0, 0.1) is 5.92 Å². The van der Waals surface area contributed by atoms with Crippen LogP contribution < -0.4 is 4.72 Å². The Morgan fingerprint density at radius 2 is 2.16 bits per heavy atom. The van der Waals surface area contributed by atoms with Crippen LogP contribution in [0.3, 0.4) is 0 Å². The van der Waals surface area contributed by atoms with Gasteiger partial charge < -0.3 is 5.11 Å². The lowest BCUT2D eigenvalue weighted by atomic mass is 10.2. The first-order valence-corrected chi connectivity index (χ1v) is 9.04. The zero-order chi connectivity index (χ0) is 14.5. The van der Waals surface area contributed by atoms with Crippen molar-refractivity contribution in [3.8, 4) is 0 Å². The zero-order valence-corrected chi connectivity index (χ0v) is 13.3. The Labute approximate surface area is 123 Å². The number of halogens is 1. The Bertz CT molecular complexity index is 520. The Kier molecular flexibility index (Phi) is 6.62. The molecule has 0 heterocycles. The second-order valence-corrected chi connectivity index (χ2v) is 7.41. The highest BCUT2D eigenvalue weighted by atomic mass is 35.5. The van der Waals surface area contributed by atoms with Gasteiger partial charge in [-0.15, -0.1) is 0 Å². The average Bonchev–Trinajstić information content (AvgIpc) is 2.37. The SMILES string of the molecule is CSCC(C)CNS(=O)(=O)c1ccc(CO)c(Cl)c1. The number of aliphatic hydroxyl groups excluding tert-OH is 1. The lowest BCUT2D eigenvalue weighted by Gasteiger charge is -2.12. The zero-order valence-electron chi connectivity index (χ0n) is 10.9. The van der Waals surface area contributed by atoms with Gasteiger partial charge in [0.05, 0.1) is 11.5 Å². The van der Waals surface area contributed by atoms with Crippen LogP contribution in [0.4, 0.5) is 0 Å². The molecular formula is C12H18ClNO3S2. The van der Waals surface area contributed by atoms with Crippen LogP contribution in [-0.4, -0.2) is 32.1 Å². The minimum Gasteiger partial charge on any atom is -0.392 e. The molecular weight excluding hydrogens is 306 g/mol. The van der Waals surface area contributed by atoms with Gasteiger partial charge in [0.1, 0.15) is 0 Å². The molecule has 1 rings (SSSR count). The maximum atomic E-state index is 12.1. The molecule has 0 spiro atoms. The molecule has 0 radical (unpaired) electrons. The fourth-order valence-electron chi connectivity index (χ4n) is 1.50. The molecule has 0 saturated carbocycles. The highest BCUT2D eigenvalue weighted by Crippen LogP contribution is 2.20. The molecule has 1 unspecified atom stereocenters. The van der Waals surface area contributed by atoms with Crippen LogP contribution >= 0.6 is 23.4 Å². The number of nitrogens with one attached hydrogen (secondary N) is 1. The summed E-state index contributed by atoms with van der Waals surface area (Å²) >= 11 is 7.57. The van der Waals surface area contributed by atoms with E-state index in [1.54, 1.807) is 11.8 Å². The predicted molar refractivity (Wildman–Crippen MR) is 80.1 cm³/mol. The fraction of sp³-hybridized carbons (Fsp3) is 0.500. The predicted octanol–water partition coefficient (Wildman–Crippen LogP) is 2.11. The van der Waals surface area contributed by atoms with Crippen molar-refractivity contribution in [3.63, 3.8) is 0 Å². The molecule has 4 nitrogen and oxygen atoms in total. The van der Waals surface area contributed by atoms with E-state index in [1.807, 2.05) is 13.2 Å². The van der Waals surface area contributed by atoms with Crippen LogP contribution in [0.15, 0.2) is 23.1 Å². The summed E-state index contributed by atoms with van der Waals surface area (Å²) in [6, 6.07) is 4.32. The second kappa shape index (κ2) is 7.50. The summed E-state index contributed by atoms with van der Waals surface area (Å²) in [6.45, 7) is 2.17. The largest absolute Gasteiger partial charge is 0.392 e. The van der Waals surface area contributed by atoms with E-state index in [0.717, 1.165) is 5.75 Å². The number of rotatable bonds is 7. The summed E-state index contributed by atoms with van der Waals surface area (Å²) in [5.41, 5.74) is 0.511. The van der Waals surface area contributed by atoms with E-state index in [2.05, 4.69) is 4.72 Å². The van der Waals surface area contributed by atoms with Crippen LogP contribution in [0.1, 0.15) is 12.5 Å². The number of aliphatic hydroxyl groups is 1. The third-order valence-corrected chi connectivity index (χ3v) is 5.25. The van der Waals surface area contributed by atoms with Gasteiger partial charge in [-0.05, 0) is 35.6 Å². The lowest BCUT2D eigenvalue weighted by Crippen LogP contribution is -2.29. The Balaban J connectivity index is 2.80. The first-order chi connectivity index (χ1) is 8.90. The summed E-state index contributed by atoms with van der Waals surface area (Å²) in [5.74, 6) is 1.16. The van der Waals surface area contributed by atoms with Crippen molar-refractivity contribution < 1.29 is 13.5 Å². The van der Waals surface area contributed by atoms with E-state index in [4.69, 9.17) is 16.7 Å². The highest BCUT2D eigenvalue weighted by Gasteiger charge is 2.16. The fourth-order valence-corrected chi connectivity index (χ4v) is 3.68. The molecule has 2 N–H and O–H groups in total. The molecule has 19 heavy (non-hydrogen) atoms. The van der Waals surface area contributed by atoms with E-state index in [9.17, 15) is 8.42 Å². The van der Waals surface area contributed by atoms with Crippen molar-refractivity contribution in [3.05, 3.63) is 28.8 Å². The molecule has 0 aliphatic carbocycles. The topological polar surface area (TPSA) is 66.4 Å². The van der Waals surface area contributed by atoms with Gasteiger partial charge in [0.15, 0.2) is 0 Å². The average molecular weight is 324 g/mol. The maximum absolute atomic E-state index is 12.1. The highest BCUT2D eigenvalue weighted by molar-refractivity contribution is 7.98. The van der Waals surface area contributed by atoms with Gasteiger partial charge in [0.25, 0.3) is 0 Å². The monoisotopic (exact) mass is 323 g/mol. The summed E-state index contributed by atoms with van der Waals surface area (Å²) < 4.78 is 26.7. The summed E-state index contributed by atoms with van der Waals surface area (Å²) in [7, 11) is -3.55. The number of sulfonamides is 1. The first-order valence-electron chi connectivity index (χ1n) is 5.78. The summed E-state index contributed by atoms with van der Waals surface area (Å²) in [4.78, 5) is 0.117. The molecule has 0 amide bonds. The van der Waals surface area contributed by atoms with E-state index in [1.165, 1.54) is 18.2 Å². The molecule has 0 fully saturated rings. The smallest absolute Gasteiger partial charge is 0.240 e. The van der Waals surface area contributed by atoms with E-state index >= 15 is 0 Å². The first kappa shape index (κ1) is 16.8. The van der Waals surface area contributed by atoms with Crippen LogP contribution in [-0.2, 0) is 16.6 Å². The quantitative estimate of drug-likeness (QED) is 0.806. The van der Waals surface area contributed by atoms with E-state index < -0.39 is 10.0 Å². The molecule has 0 aromatic heterocycles. The molecule has 0 saturated heterocycles. The van der Waals surface area contributed by atoms with Gasteiger partial charge in [0.2, 0.25) is 10.0 Å². The van der Waals surface area contributed by atoms with Gasteiger partial charge >= 0.3 is 0 Å². The lowest BCUT2D eigenvalue weighted by molar-refractivity contribution is 0.282. The van der Waals surface area contributed by atoms with Crippen molar-refractivity contribution >= 4 is 33.4 Å². The Hall–Kier alpha value is -0.270. The number of hydrogen-bond acceptors (Lipinski definition) is 4. The van der Waals surface area contributed by atoms with Gasteiger partial charge in [-0.3, -0.25) is 0 Å². The molecule has 1 atom stereocenters. The van der Waals surface area contributed by atoms with E-state index in [-0.39, 0.29) is 22.4 Å². The van der Waals surface area contributed by atoms with Gasteiger partial charge in [0, 0.05) is 11.6 Å². The van der Waals surface area contributed by atoms with Crippen molar-refractivity contribution in [2.45, 2.75) is 18.4 Å². The molecule has 0 aliphatic rings. The van der Waals surface area contributed by atoms with Gasteiger partial charge in [-0.25, -0.2) is 13.1 Å². The molecule has 7 heteroatoms. The van der Waals surface area contributed by atoms with Crippen molar-refractivity contribution in [2.24, 2.45) is 5.92 Å². The van der Waals surface area contributed by atoms with Crippen molar-refractivity contribution in [1.29, 1.82) is 0 Å². The molecule has 0 aliphatic heterocycles. The standard InChI is InChI=1S/C12H18ClNO3S2/c1-9(8-18-2)6-14-19(16,17)11-4-3-10(7-15)12(13)5-11/h3-5,9,14-15H,6-8H2,1-2H3. The number of thioether (sulfide) groups is 1. The summed E-state index contributed by atoms with van der Waals surface area (Å²) in [5, 5.41) is 9.25. The normalized spacial score (nSPS) is 13.5. The maximum Gasteiger partial charge on any atom is 0.240 e. The third kappa shape index (κ3) is 4.96. The molecule has 1 aromatic rings. The van der Waals surface area contributed by atoms with E-state index in [0.29, 0.717) is 12.1 Å². The molecule has 1 aromatic carbocycles.